The van der Waals surface area contributed by atoms with Crippen molar-refractivity contribution >= 4 is 44.3 Å². The first kappa shape index (κ1) is 17.1. The molecule has 4 rings (SSSR count). The number of nitrogens with zero attached hydrogens (tertiary/aromatic N) is 1. The Bertz CT molecular complexity index is 1090. The third-order valence-electron chi connectivity index (χ3n) is 4.44. The number of benzene rings is 3. The van der Waals surface area contributed by atoms with Gasteiger partial charge in [-0.1, -0.05) is 76.1 Å². The summed E-state index contributed by atoms with van der Waals surface area (Å²) in [5.41, 5.74) is 4.53. The van der Waals surface area contributed by atoms with Gasteiger partial charge in [0.25, 0.3) is 5.91 Å². The molecule has 0 saturated heterocycles. The van der Waals surface area contributed by atoms with E-state index in [1.54, 1.807) is 4.57 Å². The van der Waals surface area contributed by atoms with Crippen molar-refractivity contribution in [3.63, 3.8) is 0 Å². The molecular formula is C22H15BrClNO. The van der Waals surface area contributed by atoms with Gasteiger partial charge >= 0.3 is 0 Å². The van der Waals surface area contributed by atoms with E-state index in [0.717, 1.165) is 27.7 Å². The molecule has 128 valence electrons. The Labute approximate surface area is 165 Å². The van der Waals surface area contributed by atoms with E-state index in [9.17, 15) is 4.79 Å². The first-order chi connectivity index (χ1) is 12.7. The van der Waals surface area contributed by atoms with Gasteiger partial charge in [-0.25, -0.2) is 0 Å². The molecular weight excluding hydrogens is 410 g/mol. The minimum absolute atomic E-state index is 0.0467. The van der Waals surface area contributed by atoms with Gasteiger partial charge in [0.05, 0.1) is 5.52 Å². The van der Waals surface area contributed by atoms with Crippen LogP contribution in [0.3, 0.4) is 0 Å². The molecule has 0 atom stereocenters. The molecule has 0 radical (unpaired) electrons. The Morgan fingerprint density at radius 3 is 2.23 bits per heavy atom. The highest BCUT2D eigenvalue weighted by Gasteiger charge is 2.22. The average Bonchev–Trinajstić information content (AvgIpc) is 3.02. The summed E-state index contributed by atoms with van der Waals surface area (Å²) in [6.07, 6.45) is 0. The summed E-state index contributed by atoms with van der Waals surface area (Å²) in [6.45, 7) is 0. The van der Waals surface area contributed by atoms with Crippen molar-refractivity contribution in [2.24, 2.45) is 0 Å². The normalized spacial score (nSPS) is 11.0. The Morgan fingerprint density at radius 1 is 0.923 bits per heavy atom. The lowest BCUT2D eigenvalue weighted by molar-refractivity contribution is 0.0963. The molecule has 0 N–H and O–H groups in total. The van der Waals surface area contributed by atoms with Gasteiger partial charge in [-0.2, -0.15) is 0 Å². The highest BCUT2D eigenvalue weighted by molar-refractivity contribution is 9.08. The molecule has 4 aromatic rings. The molecule has 2 nitrogen and oxygen atoms in total. The smallest absolute Gasteiger partial charge is 0.262 e. The number of halogens is 2. The van der Waals surface area contributed by atoms with Gasteiger partial charge < -0.3 is 0 Å². The lowest BCUT2D eigenvalue weighted by Crippen LogP contribution is -2.14. The van der Waals surface area contributed by atoms with Gasteiger partial charge in [0.1, 0.15) is 0 Å². The number of hydrogen-bond donors (Lipinski definition) is 0. The Kier molecular flexibility index (Phi) is 4.66. The zero-order valence-corrected chi connectivity index (χ0v) is 16.2. The number of rotatable bonds is 3. The molecule has 0 saturated carbocycles. The molecule has 0 aliphatic heterocycles. The molecule has 1 aromatic heterocycles. The lowest BCUT2D eigenvalue weighted by Gasteiger charge is -2.09. The van der Waals surface area contributed by atoms with Crippen molar-refractivity contribution in [2.45, 2.75) is 5.33 Å². The SMILES string of the molecule is O=C(c1ccccc1)n1c(CBr)c(-c2ccccc2)c2cc(Cl)ccc21. The molecule has 0 aliphatic rings. The fourth-order valence-corrected chi connectivity index (χ4v) is 4.01. The summed E-state index contributed by atoms with van der Waals surface area (Å²) < 4.78 is 1.79. The van der Waals surface area contributed by atoms with Gasteiger partial charge in [-0.15, -0.1) is 0 Å². The van der Waals surface area contributed by atoms with Gasteiger partial charge in [0.15, 0.2) is 0 Å². The topological polar surface area (TPSA) is 22.0 Å². The van der Waals surface area contributed by atoms with Crippen molar-refractivity contribution in [2.75, 3.05) is 0 Å². The average molecular weight is 425 g/mol. The van der Waals surface area contributed by atoms with Crippen LogP contribution in [-0.2, 0) is 5.33 Å². The minimum atomic E-state index is -0.0467. The Morgan fingerprint density at radius 2 is 1.58 bits per heavy atom. The quantitative estimate of drug-likeness (QED) is 0.342. The predicted octanol–water partition coefficient (Wildman–Crippen LogP) is 6.55. The van der Waals surface area contributed by atoms with Crippen LogP contribution in [0.25, 0.3) is 22.0 Å². The second-order valence-corrected chi connectivity index (χ2v) is 6.99. The van der Waals surface area contributed by atoms with E-state index in [-0.39, 0.29) is 5.91 Å². The minimum Gasteiger partial charge on any atom is -0.279 e. The van der Waals surface area contributed by atoms with E-state index in [0.29, 0.717) is 15.9 Å². The van der Waals surface area contributed by atoms with Crippen LogP contribution < -0.4 is 0 Å². The maximum Gasteiger partial charge on any atom is 0.262 e. The van der Waals surface area contributed by atoms with Crippen molar-refractivity contribution in [1.82, 2.24) is 4.57 Å². The summed E-state index contributed by atoms with van der Waals surface area (Å²) in [4.78, 5) is 13.3. The molecule has 0 fully saturated rings. The molecule has 0 amide bonds. The molecule has 4 heteroatoms. The monoisotopic (exact) mass is 423 g/mol. The molecule has 0 unspecified atom stereocenters. The van der Waals surface area contributed by atoms with E-state index in [4.69, 9.17) is 11.6 Å². The third-order valence-corrected chi connectivity index (χ3v) is 5.21. The van der Waals surface area contributed by atoms with Crippen molar-refractivity contribution in [1.29, 1.82) is 0 Å². The Hall–Kier alpha value is -2.36. The number of carbonyl (C=O) groups excluding carboxylic acids is 1. The molecule has 26 heavy (non-hydrogen) atoms. The highest BCUT2D eigenvalue weighted by Crippen LogP contribution is 2.37. The fourth-order valence-electron chi connectivity index (χ4n) is 3.31. The van der Waals surface area contributed by atoms with E-state index in [2.05, 4.69) is 28.1 Å². The molecule has 0 aliphatic carbocycles. The second kappa shape index (κ2) is 7.10. The van der Waals surface area contributed by atoms with Gasteiger partial charge in [0, 0.05) is 32.6 Å². The van der Waals surface area contributed by atoms with Crippen LogP contribution in [0.5, 0.6) is 0 Å². The first-order valence-corrected chi connectivity index (χ1v) is 9.74. The molecule has 0 bridgehead atoms. The van der Waals surface area contributed by atoms with Crippen LogP contribution >= 0.6 is 27.5 Å². The van der Waals surface area contributed by atoms with E-state index in [1.165, 1.54) is 0 Å². The third kappa shape index (κ3) is 2.87. The van der Waals surface area contributed by atoms with Gasteiger partial charge in [-0.3, -0.25) is 9.36 Å². The largest absolute Gasteiger partial charge is 0.279 e. The second-order valence-electron chi connectivity index (χ2n) is 5.99. The van der Waals surface area contributed by atoms with Crippen LogP contribution in [0.4, 0.5) is 0 Å². The van der Waals surface area contributed by atoms with Crippen LogP contribution in [0.1, 0.15) is 16.1 Å². The number of alkyl halides is 1. The summed E-state index contributed by atoms with van der Waals surface area (Å²) in [6, 6.07) is 25.1. The van der Waals surface area contributed by atoms with Crippen LogP contribution in [0, 0.1) is 0 Å². The Balaban J connectivity index is 2.06. The van der Waals surface area contributed by atoms with Gasteiger partial charge in [0.2, 0.25) is 0 Å². The van der Waals surface area contributed by atoms with E-state index in [1.807, 2.05) is 66.7 Å². The number of aromatic nitrogens is 1. The maximum absolute atomic E-state index is 13.3. The summed E-state index contributed by atoms with van der Waals surface area (Å²) in [5, 5.41) is 2.18. The van der Waals surface area contributed by atoms with Gasteiger partial charge in [-0.05, 0) is 35.9 Å². The fraction of sp³-hybridized carbons (Fsp3) is 0.0455. The van der Waals surface area contributed by atoms with Crippen molar-refractivity contribution in [3.8, 4) is 11.1 Å². The number of hydrogen-bond acceptors (Lipinski definition) is 1. The molecule has 1 heterocycles. The van der Waals surface area contributed by atoms with Crippen LogP contribution in [-0.4, -0.2) is 10.5 Å². The van der Waals surface area contributed by atoms with E-state index >= 15 is 0 Å². The summed E-state index contributed by atoms with van der Waals surface area (Å²) in [7, 11) is 0. The predicted molar refractivity (Wildman–Crippen MR) is 111 cm³/mol. The van der Waals surface area contributed by atoms with Crippen molar-refractivity contribution < 1.29 is 4.79 Å². The summed E-state index contributed by atoms with van der Waals surface area (Å²) >= 11 is 9.86. The molecule has 0 spiro atoms. The van der Waals surface area contributed by atoms with E-state index < -0.39 is 0 Å². The zero-order chi connectivity index (χ0) is 18.1. The number of carbonyl (C=O) groups is 1. The first-order valence-electron chi connectivity index (χ1n) is 8.24. The lowest BCUT2D eigenvalue weighted by atomic mass is 10.0. The van der Waals surface area contributed by atoms with Crippen LogP contribution in [0.15, 0.2) is 78.9 Å². The summed E-state index contributed by atoms with van der Waals surface area (Å²) in [5.74, 6) is -0.0467. The number of fused-ring (bicyclic) bond motifs is 1. The molecule has 3 aromatic carbocycles. The van der Waals surface area contributed by atoms with Crippen LogP contribution in [0.2, 0.25) is 5.02 Å². The van der Waals surface area contributed by atoms with Crippen molar-refractivity contribution in [3.05, 3.63) is 95.1 Å². The zero-order valence-electron chi connectivity index (χ0n) is 13.8. The standard InChI is InChI=1S/C22H15BrClNO/c23-14-20-21(15-7-3-1-4-8-15)18-13-17(24)11-12-19(18)25(20)22(26)16-9-5-2-6-10-16/h1-13H,14H2. The maximum atomic E-state index is 13.3. The highest BCUT2D eigenvalue weighted by atomic mass is 79.9.